The van der Waals surface area contributed by atoms with Crippen LogP contribution in [0.25, 0.3) is 0 Å². The minimum Gasteiger partial charge on any atom is -0.356 e. The number of benzene rings is 2. The summed E-state index contributed by atoms with van der Waals surface area (Å²) in [4.78, 5) is 13.5. The van der Waals surface area contributed by atoms with Gasteiger partial charge in [-0.1, -0.05) is 29.8 Å². The first-order valence-corrected chi connectivity index (χ1v) is 6.17. The van der Waals surface area contributed by atoms with Crippen molar-refractivity contribution in [3.8, 4) is 0 Å². The minimum atomic E-state index is -1.11. The zero-order valence-corrected chi connectivity index (χ0v) is 10.6. The molecule has 1 heterocycles. The second kappa shape index (κ2) is 4.57. The molecule has 1 unspecified atom stereocenters. The fourth-order valence-electron chi connectivity index (χ4n) is 2.16. The summed E-state index contributed by atoms with van der Waals surface area (Å²) in [6, 6.07) is 14.3. The van der Waals surface area contributed by atoms with Gasteiger partial charge in [-0.15, -0.1) is 0 Å². The normalized spacial score (nSPS) is 17.9. The number of carbonyl (C=O) groups excluding carboxylic acids is 1. The van der Waals surface area contributed by atoms with Gasteiger partial charge in [-0.2, -0.15) is 0 Å². The van der Waals surface area contributed by atoms with E-state index < -0.39 is 6.35 Å². The smallest absolute Gasteiger partial charge is 0.256 e. The van der Waals surface area contributed by atoms with Gasteiger partial charge >= 0.3 is 0 Å². The summed E-state index contributed by atoms with van der Waals surface area (Å²) in [5.41, 5.74) is 1.85. The van der Waals surface area contributed by atoms with Gasteiger partial charge in [0.25, 0.3) is 5.91 Å². The molecule has 1 aliphatic rings. The number of amides is 1. The summed E-state index contributed by atoms with van der Waals surface area (Å²) in [6.45, 7) is 0. The quantitative estimate of drug-likeness (QED) is 0.840. The number of aliphatic hydroxyl groups excluding tert-OH is 1. The third-order valence-corrected chi connectivity index (χ3v) is 3.24. The minimum absolute atomic E-state index is 0.314. The standard InChI is InChI=1S/C14H11ClN2O2/c15-9-6-7-11-12(8-9)17(14(19)16-13(11)18)10-4-2-1-3-5-10/h1-8,14,19H,(H,16,18). The number of anilines is 2. The lowest BCUT2D eigenvalue weighted by atomic mass is 10.1. The molecule has 0 spiro atoms. The van der Waals surface area contributed by atoms with E-state index in [-0.39, 0.29) is 5.91 Å². The average Bonchev–Trinajstić information content (AvgIpc) is 2.39. The van der Waals surface area contributed by atoms with Gasteiger partial charge in [-0.25, -0.2) is 0 Å². The van der Waals surface area contributed by atoms with Crippen molar-refractivity contribution in [1.82, 2.24) is 5.32 Å². The van der Waals surface area contributed by atoms with Crippen LogP contribution in [0.15, 0.2) is 48.5 Å². The summed E-state index contributed by atoms with van der Waals surface area (Å²) in [6.07, 6.45) is -1.11. The van der Waals surface area contributed by atoms with Gasteiger partial charge in [0.05, 0.1) is 11.3 Å². The van der Waals surface area contributed by atoms with Crippen molar-refractivity contribution < 1.29 is 9.90 Å². The van der Waals surface area contributed by atoms with Gasteiger partial charge in [0.15, 0.2) is 0 Å². The van der Waals surface area contributed by atoms with E-state index >= 15 is 0 Å². The largest absolute Gasteiger partial charge is 0.356 e. The zero-order chi connectivity index (χ0) is 13.4. The monoisotopic (exact) mass is 274 g/mol. The molecule has 0 radical (unpaired) electrons. The molecule has 0 aliphatic carbocycles. The first-order valence-electron chi connectivity index (χ1n) is 5.79. The van der Waals surface area contributed by atoms with Crippen LogP contribution in [0.1, 0.15) is 10.4 Å². The highest BCUT2D eigenvalue weighted by Gasteiger charge is 2.30. The maximum atomic E-state index is 11.8. The molecule has 1 atom stereocenters. The Morgan fingerprint density at radius 1 is 1.16 bits per heavy atom. The maximum absolute atomic E-state index is 11.8. The van der Waals surface area contributed by atoms with Crippen molar-refractivity contribution in [2.75, 3.05) is 4.90 Å². The third-order valence-electron chi connectivity index (χ3n) is 3.00. The molecule has 3 rings (SSSR count). The molecule has 1 aliphatic heterocycles. The Bertz CT molecular complexity index is 631. The molecule has 5 heteroatoms. The number of para-hydroxylation sites is 1. The van der Waals surface area contributed by atoms with Crippen LogP contribution in [0, 0.1) is 0 Å². The Balaban J connectivity index is 2.18. The number of halogens is 1. The molecule has 0 fully saturated rings. The zero-order valence-electron chi connectivity index (χ0n) is 9.88. The third kappa shape index (κ3) is 2.05. The molecule has 2 N–H and O–H groups in total. The van der Waals surface area contributed by atoms with Gasteiger partial charge < -0.3 is 10.4 Å². The molecule has 19 heavy (non-hydrogen) atoms. The Labute approximate surface area is 115 Å². The predicted molar refractivity (Wildman–Crippen MR) is 73.5 cm³/mol. The van der Waals surface area contributed by atoms with Crippen LogP contribution in [-0.4, -0.2) is 17.4 Å². The number of nitrogens with zero attached hydrogens (tertiary/aromatic N) is 1. The van der Waals surface area contributed by atoms with E-state index in [1.807, 2.05) is 30.3 Å². The van der Waals surface area contributed by atoms with Crippen LogP contribution in [-0.2, 0) is 0 Å². The molecule has 0 saturated carbocycles. The fourth-order valence-corrected chi connectivity index (χ4v) is 2.32. The molecule has 2 aromatic carbocycles. The number of rotatable bonds is 1. The molecular weight excluding hydrogens is 264 g/mol. The summed E-state index contributed by atoms with van der Waals surface area (Å²) in [5.74, 6) is -0.314. The van der Waals surface area contributed by atoms with Crippen molar-refractivity contribution >= 4 is 28.9 Å². The Morgan fingerprint density at radius 2 is 1.89 bits per heavy atom. The van der Waals surface area contributed by atoms with Crippen molar-refractivity contribution in [3.63, 3.8) is 0 Å². The number of aliphatic hydroxyl groups is 1. The second-order valence-electron chi connectivity index (χ2n) is 4.21. The Hall–Kier alpha value is -2.04. The summed E-state index contributed by atoms with van der Waals surface area (Å²) < 4.78 is 0. The van der Waals surface area contributed by atoms with Crippen molar-refractivity contribution in [2.24, 2.45) is 0 Å². The number of hydrogen-bond donors (Lipinski definition) is 2. The molecular formula is C14H11ClN2O2. The molecule has 4 nitrogen and oxygen atoms in total. The van der Waals surface area contributed by atoms with E-state index in [9.17, 15) is 9.90 Å². The summed E-state index contributed by atoms with van der Waals surface area (Å²) in [7, 11) is 0. The van der Waals surface area contributed by atoms with Crippen LogP contribution < -0.4 is 10.2 Å². The number of hydrogen-bond acceptors (Lipinski definition) is 3. The first kappa shape index (κ1) is 12.0. The van der Waals surface area contributed by atoms with Gasteiger partial charge in [-0.05, 0) is 30.3 Å². The highest BCUT2D eigenvalue weighted by atomic mass is 35.5. The van der Waals surface area contributed by atoms with Crippen LogP contribution in [0.3, 0.4) is 0 Å². The maximum Gasteiger partial charge on any atom is 0.256 e. The van der Waals surface area contributed by atoms with Crippen LogP contribution >= 0.6 is 11.6 Å². The van der Waals surface area contributed by atoms with Gasteiger partial charge in [0.2, 0.25) is 6.35 Å². The SMILES string of the molecule is O=C1NC(O)N(c2ccccc2)c2cc(Cl)ccc21. The van der Waals surface area contributed by atoms with Crippen molar-refractivity contribution in [2.45, 2.75) is 6.35 Å². The topological polar surface area (TPSA) is 52.6 Å². The number of nitrogens with one attached hydrogen (secondary N) is 1. The average molecular weight is 275 g/mol. The molecule has 2 aromatic rings. The van der Waals surface area contributed by atoms with E-state index in [4.69, 9.17) is 11.6 Å². The Morgan fingerprint density at radius 3 is 2.63 bits per heavy atom. The van der Waals surface area contributed by atoms with E-state index in [1.165, 1.54) is 0 Å². The molecule has 0 saturated heterocycles. The van der Waals surface area contributed by atoms with Gasteiger partial charge in [0.1, 0.15) is 0 Å². The van der Waals surface area contributed by atoms with Crippen molar-refractivity contribution in [1.29, 1.82) is 0 Å². The lowest BCUT2D eigenvalue weighted by Gasteiger charge is -2.35. The number of carbonyl (C=O) groups is 1. The highest BCUT2D eigenvalue weighted by Crippen LogP contribution is 2.34. The molecule has 0 aromatic heterocycles. The molecule has 96 valence electrons. The number of fused-ring (bicyclic) bond motifs is 1. The van der Waals surface area contributed by atoms with Crippen molar-refractivity contribution in [3.05, 3.63) is 59.1 Å². The highest BCUT2D eigenvalue weighted by molar-refractivity contribution is 6.31. The van der Waals surface area contributed by atoms with E-state index in [0.29, 0.717) is 16.3 Å². The van der Waals surface area contributed by atoms with Crippen LogP contribution in [0.4, 0.5) is 11.4 Å². The summed E-state index contributed by atoms with van der Waals surface area (Å²) in [5, 5.41) is 13.1. The summed E-state index contributed by atoms with van der Waals surface area (Å²) >= 11 is 5.98. The van der Waals surface area contributed by atoms with E-state index in [0.717, 1.165) is 5.69 Å². The van der Waals surface area contributed by atoms with Crippen LogP contribution in [0.5, 0.6) is 0 Å². The first-order chi connectivity index (χ1) is 9.16. The second-order valence-corrected chi connectivity index (χ2v) is 4.65. The molecule has 1 amide bonds. The van der Waals surface area contributed by atoms with E-state index in [2.05, 4.69) is 5.32 Å². The lowest BCUT2D eigenvalue weighted by Crippen LogP contribution is -2.50. The van der Waals surface area contributed by atoms with E-state index in [1.54, 1.807) is 23.1 Å². The van der Waals surface area contributed by atoms with Gasteiger partial charge in [-0.3, -0.25) is 9.69 Å². The predicted octanol–water partition coefficient (Wildman–Crippen LogP) is 2.50. The molecule has 0 bridgehead atoms. The fraction of sp³-hybridized carbons (Fsp3) is 0.0714. The Kier molecular flexibility index (Phi) is 2.89. The van der Waals surface area contributed by atoms with Crippen LogP contribution in [0.2, 0.25) is 5.02 Å². The lowest BCUT2D eigenvalue weighted by molar-refractivity contribution is 0.0771. The van der Waals surface area contributed by atoms with Gasteiger partial charge in [0, 0.05) is 10.7 Å².